The van der Waals surface area contributed by atoms with Gasteiger partial charge in [0.25, 0.3) is 10.0 Å². The first-order valence-electron chi connectivity index (χ1n) is 7.54. The average molecular weight is 376 g/mol. The number of para-hydroxylation sites is 1. The molecule has 0 radical (unpaired) electrons. The van der Waals surface area contributed by atoms with Crippen molar-refractivity contribution in [2.75, 3.05) is 4.31 Å². The Morgan fingerprint density at radius 3 is 2.20 bits per heavy atom. The number of sulfonamides is 1. The maximum atomic E-state index is 13.5. The van der Waals surface area contributed by atoms with Crippen LogP contribution >= 0.6 is 11.6 Å². The number of rotatable bonds is 5. The van der Waals surface area contributed by atoms with E-state index in [4.69, 9.17) is 11.6 Å². The molecule has 6 heteroatoms. The number of nitrogens with zero attached hydrogens (tertiary/aromatic N) is 1. The molecule has 0 atom stereocenters. The molecule has 0 aromatic heterocycles. The molecule has 0 aliphatic heterocycles. The van der Waals surface area contributed by atoms with E-state index < -0.39 is 15.8 Å². The van der Waals surface area contributed by atoms with E-state index in [-0.39, 0.29) is 11.4 Å². The van der Waals surface area contributed by atoms with E-state index in [1.54, 1.807) is 42.5 Å². The summed E-state index contributed by atoms with van der Waals surface area (Å²) in [4.78, 5) is 0.122. The lowest BCUT2D eigenvalue weighted by Gasteiger charge is -2.24. The Labute approximate surface area is 151 Å². The number of anilines is 1. The van der Waals surface area contributed by atoms with Crippen LogP contribution in [0.5, 0.6) is 0 Å². The zero-order valence-electron chi connectivity index (χ0n) is 13.1. The summed E-state index contributed by atoms with van der Waals surface area (Å²) >= 11 is 5.86. The van der Waals surface area contributed by atoms with E-state index in [1.165, 1.54) is 40.7 Å². The normalized spacial score (nSPS) is 11.3. The van der Waals surface area contributed by atoms with Crippen LogP contribution in [0.2, 0.25) is 5.02 Å². The SMILES string of the molecule is O=S(=O)(c1ccc(Cl)cc1)N(Cc1cccc(F)c1)c1ccccc1. The van der Waals surface area contributed by atoms with Crippen molar-refractivity contribution in [2.45, 2.75) is 11.4 Å². The van der Waals surface area contributed by atoms with Gasteiger partial charge in [-0.2, -0.15) is 0 Å². The van der Waals surface area contributed by atoms with E-state index in [0.717, 1.165) is 0 Å². The van der Waals surface area contributed by atoms with Crippen molar-refractivity contribution in [3.63, 3.8) is 0 Å². The standard InChI is InChI=1S/C19H15ClFNO2S/c20-16-9-11-19(12-10-16)25(23,24)22(18-7-2-1-3-8-18)14-15-5-4-6-17(21)13-15/h1-13H,14H2. The summed E-state index contributed by atoms with van der Waals surface area (Å²) in [5.41, 5.74) is 1.06. The van der Waals surface area contributed by atoms with Gasteiger partial charge in [-0.1, -0.05) is 41.9 Å². The smallest absolute Gasteiger partial charge is 0.262 e. The summed E-state index contributed by atoms with van der Waals surface area (Å²) < 4.78 is 41.0. The molecule has 3 rings (SSSR count). The highest BCUT2D eigenvalue weighted by Gasteiger charge is 2.25. The molecular weight excluding hydrogens is 361 g/mol. The zero-order valence-corrected chi connectivity index (χ0v) is 14.7. The van der Waals surface area contributed by atoms with Gasteiger partial charge in [0.2, 0.25) is 0 Å². The minimum absolute atomic E-state index is 0.0206. The molecule has 25 heavy (non-hydrogen) atoms. The number of halogens is 2. The topological polar surface area (TPSA) is 37.4 Å². The van der Waals surface area contributed by atoms with Crippen molar-refractivity contribution in [3.05, 3.63) is 95.3 Å². The fourth-order valence-electron chi connectivity index (χ4n) is 2.44. The first-order chi connectivity index (χ1) is 12.0. The first-order valence-corrected chi connectivity index (χ1v) is 9.36. The molecule has 0 heterocycles. The number of hydrogen-bond donors (Lipinski definition) is 0. The molecule has 0 amide bonds. The molecule has 0 unspecified atom stereocenters. The van der Waals surface area contributed by atoms with Crippen LogP contribution in [0.4, 0.5) is 10.1 Å². The van der Waals surface area contributed by atoms with Crippen LogP contribution in [0.15, 0.2) is 83.8 Å². The summed E-state index contributed by atoms with van der Waals surface area (Å²) in [5.74, 6) is -0.408. The molecule has 128 valence electrons. The highest BCUT2D eigenvalue weighted by Crippen LogP contribution is 2.26. The Morgan fingerprint density at radius 1 is 0.880 bits per heavy atom. The molecule has 3 nitrogen and oxygen atoms in total. The van der Waals surface area contributed by atoms with Gasteiger partial charge in [-0.25, -0.2) is 12.8 Å². The van der Waals surface area contributed by atoms with Gasteiger partial charge in [0.05, 0.1) is 17.1 Å². The molecule has 0 saturated heterocycles. The molecule has 0 saturated carbocycles. The molecule has 3 aromatic rings. The fraction of sp³-hybridized carbons (Fsp3) is 0.0526. The molecule has 0 bridgehead atoms. The Morgan fingerprint density at radius 2 is 1.56 bits per heavy atom. The Balaban J connectivity index is 2.06. The van der Waals surface area contributed by atoms with E-state index in [2.05, 4.69) is 0 Å². The Kier molecular flexibility index (Phi) is 5.06. The second-order valence-electron chi connectivity index (χ2n) is 5.43. The van der Waals surface area contributed by atoms with Crippen LogP contribution in [0.1, 0.15) is 5.56 Å². The monoisotopic (exact) mass is 375 g/mol. The van der Waals surface area contributed by atoms with Crippen LogP contribution in [0.25, 0.3) is 0 Å². The predicted octanol–water partition coefficient (Wildman–Crippen LogP) is 4.87. The van der Waals surface area contributed by atoms with E-state index in [9.17, 15) is 12.8 Å². The van der Waals surface area contributed by atoms with Gasteiger partial charge in [0.1, 0.15) is 5.82 Å². The zero-order chi connectivity index (χ0) is 17.9. The molecule has 0 aliphatic rings. The molecule has 0 aliphatic carbocycles. The van der Waals surface area contributed by atoms with Gasteiger partial charge in [-0.05, 0) is 54.1 Å². The van der Waals surface area contributed by atoms with Gasteiger partial charge in [0.15, 0.2) is 0 Å². The summed E-state index contributed by atoms with van der Waals surface area (Å²) in [6.45, 7) is 0.0206. The van der Waals surface area contributed by atoms with Crippen molar-refractivity contribution < 1.29 is 12.8 Å². The van der Waals surface area contributed by atoms with E-state index in [1.807, 2.05) is 0 Å². The van der Waals surface area contributed by atoms with Crippen LogP contribution in [0.3, 0.4) is 0 Å². The van der Waals surface area contributed by atoms with Gasteiger partial charge in [-0.15, -0.1) is 0 Å². The van der Waals surface area contributed by atoms with Crippen LogP contribution in [-0.2, 0) is 16.6 Å². The lowest BCUT2D eigenvalue weighted by Crippen LogP contribution is -2.30. The number of hydrogen-bond acceptors (Lipinski definition) is 2. The van der Waals surface area contributed by atoms with Gasteiger partial charge < -0.3 is 0 Å². The first kappa shape index (κ1) is 17.5. The second-order valence-corrected chi connectivity index (χ2v) is 7.73. The minimum Gasteiger partial charge on any atom is -0.262 e. The Hall–Kier alpha value is -2.37. The van der Waals surface area contributed by atoms with Crippen LogP contribution in [0, 0.1) is 5.82 Å². The molecule has 3 aromatic carbocycles. The minimum atomic E-state index is -3.83. The fourth-order valence-corrected chi connectivity index (χ4v) is 4.02. The van der Waals surface area contributed by atoms with E-state index in [0.29, 0.717) is 16.3 Å². The molecule has 0 N–H and O–H groups in total. The van der Waals surface area contributed by atoms with Gasteiger partial charge >= 0.3 is 0 Å². The average Bonchev–Trinajstić information content (AvgIpc) is 2.61. The molecular formula is C19H15ClFNO2S. The third-order valence-electron chi connectivity index (χ3n) is 3.66. The largest absolute Gasteiger partial charge is 0.264 e. The summed E-state index contributed by atoms with van der Waals surface area (Å²) in [7, 11) is -3.83. The lowest BCUT2D eigenvalue weighted by atomic mass is 10.2. The number of benzene rings is 3. The summed E-state index contributed by atoms with van der Waals surface area (Å²) in [6, 6.07) is 20.6. The maximum absolute atomic E-state index is 13.5. The van der Waals surface area contributed by atoms with Gasteiger partial charge in [0, 0.05) is 5.02 Å². The Bertz CT molecular complexity index is 960. The van der Waals surface area contributed by atoms with Crippen molar-refractivity contribution in [1.29, 1.82) is 0 Å². The van der Waals surface area contributed by atoms with Crippen molar-refractivity contribution >= 4 is 27.3 Å². The van der Waals surface area contributed by atoms with Crippen LogP contribution in [-0.4, -0.2) is 8.42 Å². The maximum Gasteiger partial charge on any atom is 0.264 e. The highest BCUT2D eigenvalue weighted by atomic mass is 35.5. The third-order valence-corrected chi connectivity index (χ3v) is 5.70. The lowest BCUT2D eigenvalue weighted by molar-refractivity contribution is 0.589. The van der Waals surface area contributed by atoms with E-state index >= 15 is 0 Å². The third kappa shape index (κ3) is 4.00. The summed E-state index contributed by atoms with van der Waals surface area (Å²) in [5, 5.41) is 0.454. The molecule has 0 spiro atoms. The highest BCUT2D eigenvalue weighted by molar-refractivity contribution is 7.92. The van der Waals surface area contributed by atoms with Crippen molar-refractivity contribution in [3.8, 4) is 0 Å². The van der Waals surface area contributed by atoms with Gasteiger partial charge in [-0.3, -0.25) is 4.31 Å². The predicted molar refractivity (Wildman–Crippen MR) is 97.7 cm³/mol. The van der Waals surface area contributed by atoms with Crippen LogP contribution < -0.4 is 4.31 Å². The van der Waals surface area contributed by atoms with Crippen molar-refractivity contribution in [2.24, 2.45) is 0 Å². The molecule has 0 fully saturated rings. The van der Waals surface area contributed by atoms with Crippen molar-refractivity contribution in [1.82, 2.24) is 0 Å². The second kappa shape index (κ2) is 7.25. The quantitative estimate of drug-likeness (QED) is 0.637. The summed E-state index contributed by atoms with van der Waals surface area (Å²) in [6.07, 6.45) is 0.